The highest BCUT2D eigenvalue weighted by atomic mass is 127. The first kappa shape index (κ1) is 22.0. The molecule has 1 aliphatic heterocycles. The van der Waals surface area contributed by atoms with Gasteiger partial charge in [0.1, 0.15) is 11.6 Å². The SMILES string of the molecule is CCNC(=NCc1ccc(-n2ccnc2C)c(F)c1)NCC1CCCS1.I. The molecule has 1 aromatic carbocycles. The molecule has 148 valence electrons. The number of aliphatic imine (C=N–C) groups is 1. The van der Waals surface area contributed by atoms with Crippen molar-refractivity contribution in [3.63, 3.8) is 0 Å². The zero-order valence-corrected chi connectivity index (χ0v) is 18.9. The van der Waals surface area contributed by atoms with Gasteiger partial charge in [0.25, 0.3) is 0 Å². The van der Waals surface area contributed by atoms with Crippen molar-refractivity contribution in [2.75, 3.05) is 18.8 Å². The third-order valence-corrected chi connectivity index (χ3v) is 5.78. The van der Waals surface area contributed by atoms with Crippen LogP contribution in [0.5, 0.6) is 0 Å². The number of aryl methyl sites for hydroxylation is 1. The molecule has 5 nitrogen and oxygen atoms in total. The Balaban J connectivity index is 0.00000261. The predicted molar refractivity (Wildman–Crippen MR) is 122 cm³/mol. The number of nitrogens with one attached hydrogen (secondary N) is 2. The van der Waals surface area contributed by atoms with Crippen molar-refractivity contribution in [2.24, 2.45) is 4.99 Å². The molecule has 0 spiro atoms. The minimum absolute atomic E-state index is 0. The van der Waals surface area contributed by atoms with Crippen LogP contribution < -0.4 is 10.6 Å². The van der Waals surface area contributed by atoms with Crippen LogP contribution in [-0.4, -0.2) is 39.6 Å². The summed E-state index contributed by atoms with van der Waals surface area (Å²) in [6.07, 6.45) is 5.99. The Kier molecular flexibility index (Phi) is 8.88. The lowest BCUT2D eigenvalue weighted by Gasteiger charge is -2.14. The van der Waals surface area contributed by atoms with Gasteiger partial charge < -0.3 is 15.2 Å². The van der Waals surface area contributed by atoms with Crippen LogP contribution in [-0.2, 0) is 6.54 Å². The molecule has 0 amide bonds. The number of rotatable bonds is 6. The summed E-state index contributed by atoms with van der Waals surface area (Å²) in [6, 6.07) is 5.25. The van der Waals surface area contributed by atoms with Gasteiger partial charge in [0.15, 0.2) is 5.96 Å². The molecule has 1 aliphatic rings. The molecular formula is C19H27FIN5S. The maximum absolute atomic E-state index is 14.5. The van der Waals surface area contributed by atoms with Gasteiger partial charge in [0.2, 0.25) is 0 Å². The van der Waals surface area contributed by atoms with Gasteiger partial charge in [-0.05, 0) is 50.1 Å². The molecule has 2 aromatic rings. The molecule has 2 N–H and O–H groups in total. The summed E-state index contributed by atoms with van der Waals surface area (Å²) in [5.41, 5.74) is 1.35. The monoisotopic (exact) mass is 503 g/mol. The predicted octanol–water partition coefficient (Wildman–Crippen LogP) is 3.89. The van der Waals surface area contributed by atoms with E-state index in [-0.39, 0.29) is 29.8 Å². The number of thioether (sulfide) groups is 1. The zero-order chi connectivity index (χ0) is 18.4. The highest BCUT2D eigenvalue weighted by molar-refractivity contribution is 14.0. The van der Waals surface area contributed by atoms with Crippen molar-refractivity contribution in [1.29, 1.82) is 0 Å². The Hall–Kier alpha value is -1.29. The molecular weight excluding hydrogens is 476 g/mol. The standard InChI is InChI=1S/C19H26FN5S.HI/c1-3-21-19(24-13-16-5-4-10-26-16)23-12-15-6-7-18(17(20)11-15)25-9-8-22-14(25)2;/h6-9,11,16H,3-5,10,12-13H2,1-2H3,(H2,21,23,24);1H. The van der Waals surface area contributed by atoms with Gasteiger partial charge in [0.05, 0.1) is 12.2 Å². The second-order valence-corrected chi connectivity index (χ2v) is 7.75. The Labute approximate surface area is 181 Å². The van der Waals surface area contributed by atoms with Gasteiger partial charge >= 0.3 is 0 Å². The van der Waals surface area contributed by atoms with Crippen LogP contribution in [0, 0.1) is 12.7 Å². The van der Waals surface area contributed by atoms with Gasteiger partial charge in [-0.15, -0.1) is 24.0 Å². The lowest BCUT2D eigenvalue weighted by molar-refractivity contribution is 0.614. The lowest BCUT2D eigenvalue weighted by Crippen LogP contribution is -2.40. The van der Waals surface area contributed by atoms with Crippen LogP contribution in [0.3, 0.4) is 0 Å². The van der Waals surface area contributed by atoms with Gasteiger partial charge in [-0.1, -0.05) is 6.07 Å². The topological polar surface area (TPSA) is 54.2 Å². The average Bonchev–Trinajstić information content (AvgIpc) is 3.29. The van der Waals surface area contributed by atoms with Gasteiger partial charge in [0, 0.05) is 30.7 Å². The van der Waals surface area contributed by atoms with Crippen LogP contribution in [0.15, 0.2) is 35.6 Å². The summed E-state index contributed by atoms with van der Waals surface area (Å²) in [5, 5.41) is 7.32. The quantitative estimate of drug-likeness (QED) is 0.357. The number of guanidine groups is 1. The van der Waals surface area contributed by atoms with Gasteiger partial charge in [-0.25, -0.2) is 14.4 Å². The molecule has 0 bridgehead atoms. The van der Waals surface area contributed by atoms with Crippen LogP contribution in [0.2, 0.25) is 0 Å². The number of halogens is 2. The van der Waals surface area contributed by atoms with E-state index in [1.807, 2.05) is 31.7 Å². The summed E-state index contributed by atoms with van der Waals surface area (Å²) in [4.78, 5) is 8.74. The van der Waals surface area contributed by atoms with Crippen molar-refractivity contribution < 1.29 is 4.39 Å². The second kappa shape index (κ2) is 10.9. The van der Waals surface area contributed by atoms with E-state index in [0.717, 1.165) is 30.4 Å². The smallest absolute Gasteiger partial charge is 0.191 e. The molecule has 1 saturated heterocycles. The third kappa shape index (κ3) is 6.10. The highest BCUT2D eigenvalue weighted by Crippen LogP contribution is 2.25. The molecule has 2 heterocycles. The Morgan fingerprint density at radius 1 is 1.41 bits per heavy atom. The number of hydrogen-bond donors (Lipinski definition) is 2. The summed E-state index contributed by atoms with van der Waals surface area (Å²) >= 11 is 2.02. The third-order valence-electron chi connectivity index (χ3n) is 4.38. The number of hydrogen-bond acceptors (Lipinski definition) is 3. The summed E-state index contributed by atoms with van der Waals surface area (Å²) < 4.78 is 16.2. The minimum Gasteiger partial charge on any atom is -0.357 e. The molecule has 1 aromatic heterocycles. The van der Waals surface area contributed by atoms with Crippen molar-refractivity contribution in [3.05, 3.63) is 47.8 Å². The normalized spacial score (nSPS) is 16.9. The van der Waals surface area contributed by atoms with E-state index in [4.69, 9.17) is 0 Å². The summed E-state index contributed by atoms with van der Waals surface area (Å²) in [6.45, 7) is 6.06. The largest absolute Gasteiger partial charge is 0.357 e. The maximum Gasteiger partial charge on any atom is 0.191 e. The molecule has 1 unspecified atom stereocenters. The maximum atomic E-state index is 14.5. The molecule has 3 rings (SSSR count). The molecule has 1 fully saturated rings. The van der Waals surface area contributed by atoms with Crippen molar-refractivity contribution in [1.82, 2.24) is 20.2 Å². The first-order chi connectivity index (χ1) is 12.7. The van der Waals surface area contributed by atoms with E-state index >= 15 is 0 Å². The fraction of sp³-hybridized carbons (Fsp3) is 0.474. The van der Waals surface area contributed by atoms with Crippen molar-refractivity contribution in [2.45, 2.75) is 38.5 Å². The van der Waals surface area contributed by atoms with Crippen LogP contribution >= 0.6 is 35.7 Å². The number of nitrogens with zero attached hydrogens (tertiary/aromatic N) is 3. The molecule has 27 heavy (non-hydrogen) atoms. The van der Waals surface area contributed by atoms with Crippen LogP contribution in [0.4, 0.5) is 4.39 Å². The van der Waals surface area contributed by atoms with E-state index in [1.165, 1.54) is 18.6 Å². The van der Waals surface area contributed by atoms with Crippen molar-refractivity contribution >= 4 is 41.7 Å². The van der Waals surface area contributed by atoms with Crippen molar-refractivity contribution in [3.8, 4) is 5.69 Å². The van der Waals surface area contributed by atoms with E-state index in [0.29, 0.717) is 17.5 Å². The first-order valence-electron chi connectivity index (χ1n) is 9.10. The van der Waals surface area contributed by atoms with E-state index in [2.05, 4.69) is 20.6 Å². The van der Waals surface area contributed by atoms with E-state index in [1.54, 1.807) is 29.1 Å². The average molecular weight is 503 g/mol. The molecule has 0 saturated carbocycles. The molecule has 1 atom stereocenters. The highest BCUT2D eigenvalue weighted by Gasteiger charge is 2.15. The van der Waals surface area contributed by atoms with E-state index in [9.17, 15) is 4.39 Å². The number of imidazole rings is 1. The van der Waals surface area contributed by atoms with Crippen LogP contribution in [0.25, 0.3) is 5.69 Å². The Morgan fingerprint density at radius 2 is 2.26 bits per heavy atom. The zero-order valence-electron chi connectivity index (χ0n) is 15.7. The second-order valence-electron chi connectivity index (χ2n) is 6.34. The first-order valence-corrected chi connectivity index (χ1v) is 10.1. The minimum atomic E-state index is -0.265. The molecule has 0 radical (unpaired) electrons. The Morgan fingerprint density at radius 3 is 2.89 bits per heavy atom. The summed E-state index contributed by atoms with van der Waals surface area (Å²) in [5.74, 6) is 2.54. The molecule has 0 aliphatic carbocycles. The fourth-order valence-electron chi connectivity index (χ4n) is 3.00. The fourth-order valence-corrected chi connectivity index (χ4v) is 4.21. The molecule has 8 heteroatoms. The number of aromatic nitrogens is 2. The summed E-state index contributed by atoms with van der Waals surface area (Å²) in [7, 11) is 0. The van der Waals surface area contributed by atoms with Gasteiger partial charge in [-0.3, -0.25) is 0 Å². The van der Waals surface area contributed by atoms with E-state index < -0.39 is 0 Å². The number of benzene rings is 1. The Bertz CT molecular complexity index is 758. The van der Waals surface area contributed by atoms with Crippen LogP contribution in [0.1, 0.15) is 31.2 Å². The lowest BCUT2D eigenvalue weighted by atomic mass is 10.2. The van der Waals surface area contributed by atoms with Gasteiger partial charge in [-0.2, -0.15) is 11.8 Å².